The number of sulfone groups is 1. The second kappa shape index (κ2) is 5.05. The van der Waals surface area contributed by atoms with E-state index < -0.39 is 9.84 Å². The van der Waals surface area contributed by atoms with Gasteiger partial charge in [0.1, 0.15) is 5.52 Å². The highest BCUT2D eigenvalue weighted by atomic mass is 35.5. The van der Waals surface area contributed by atoms with Gasteiger partial charge in [-0.1, -0.05) is 29.3 Å². The van der Waals surface area contributed by atoms with E-state index in [0.717, 1.165) is 5.56 Å². The zero-order chi connectivity index (χ0) is 15.0. The standard InChI is InChI=1S/C14H10ClN3O2S/c1-9-2-5-11(6-3-9)21(19,20)14-16-12-7-4-10(15)8-13(12)17-18-14/h2-8H,1H3. The van der Waals surface area contributed by atoms with E-state index in [-0.39, 0.29) is 10.1 Å². The number of rotatable bonds is 2. The first-order valence-electron chi connectivity index (χ1n) is 6.08. The largest absolute Gasteiger partial charge is 0.272 e. The fourth-order valence-electron chi connectivity index (χ4n) is 1.83. The molecule has 2 aromatic carbocycles. The summed E-state index contributed by atoms with van der Waals surface area (Å²) in [4.78, 5) is 4.21. The van der Waals surface area contributed by atoms with Gasteiger partial charge in [0, 0.05) is 5.02 Å². The van der Waals surface area contributed by atoms with Gasteiger partial charge in [0.05, 0.1) is 10.4 Å². The van der Waals surface area contributed by atoms with Gasteiger partial charge in [0.25, 0.3) is 5.16 Å². The van der Waals surface area contributed by atoms with E-state index in [9.17, 15) is 8.42 Å². The average Bonchev–Trinajstić information content (AvgIpc) is 2.47. The number of fused-ring (bicyclic) bond motifs is 1. The maximum absolute atomic E-state index is 12.5. The molecule has 0 amide bonds. The van der Waals surface area contributed by atoms with Crippen LogP contribution < -0.4 is 0 Å². The smallest absolute Gasteiger partial charge is 0.215 e. The third kappa shape index (κ3) is 2.59. The Kier molecular flexibility index (Phi) is 3.35. The Labute approximate surface area is 126 Å². The van der Waals surface area contributed by atoms with Crippen LogP contribution in [0.25, 0.3) is 11.0 Å². The molecule has 0 bridgehead atoms. The van der Waals surface area contributed by atoms with Gasteiger partial charge in [0.2, 0.25) is 9.84 Å². The first-order chi connectivity index (χ1) is 9.96. The highest BCUT2D eigenvalue weighted by molar-refractivity contribution is 7.91. The third-order valence-corrected chi connectivity index (χ3v) is 4.75. The van der Waals surface area contributed by atoms with Crippen LogP contribution in [-0.2, 0) is 9.84 Å². The molecule has 0 aliphatic heterocycles. The Bertz CT molecular complexity index is 925. The number of nitrogens with zero attached hydrogens (tertiary/aromatic N) is 3. The Morgan fingerprint density at radius 3 is 2.38 bits per heavy atom. The average molecular weight is 320 g/mol. The molecule has 5 nitrogen and oxygen atoms in total. The van der Waals surface area contributed by atoms with Crippen molar-refractivity contribution in [3.05, 3.63) is 53.1 Å². The predicted molar refractivity (Wildman–Crippen MR) is 79.0 cm³/mol. The summed E-state index contributed by atoms with van der Waals surface area (Å²) < 4.78 is 24.9. The summed E-state index contributed by atoms with van der Waals surface area (Å²) >= 11 is 5.85. The summed E-state index contributed by atoms with van der Waals surface area (Å²) in [7, 11) is -3.78. The molecule has 0 aliphatic rings. The number of aromatic nitrogens is 3. The molecular formula is C14H10ClN3O2S. The van der Waals surface area contributed by atoms with Crippen molar-refractivity contribution in [2.45, 2.75) is 17.0 Å². The monoisotopic (exact) mass is 319 g/mol. The Hall–Kier alpha value is -2.05. The molecule has 21 heavy (non-hydrogen) atoms. The SMILES string of the molecule is Cc1ccc(S(=O)(=O)c2nnc3cc(Cl)ccc3n2)cc1. The van der Waals surface area contributed by atoms with Crippen LogP contribution >= 0.6 is 11.6 Å². The van der Waals surface area contributed by atoms with Crippen LogP contribution in [0.2, 0.25) is 5.02 Å². The van der Waals surface area contributed by atoms with Gasteiger partial charge in [-0.2, -0.15) is 0 Å². The van der Waals surface area contributed by atoms with Crippen LogP contribution in [0, 0.1) is 6.92 Å². The van der Waals surface area contributed by atoms with E-state index in [0.29, 0.717) is 16.1 Å². The van der Waals surface area contributed by atoms with E-state index in [1.165, 1.54) is 12.1 Å². The van der Waals surface area contributed by atoms with Crippen molar-refractivity contribution in [3.63, 3.8) is 0 Å². The second-order valence-corrected chi connectivity index (χ2v) is 6.82. The number of hydrogen-bond acceptors (Lipinski definition) is 5. The van der Waals surface area contributed by atoms with Gasteiger partial charge in [-0.05, 0) is 37.3 Å². The minimum atomic E-state index is -3.78. The van der Waals surface area contributed by atoms with E-state index in [1.807, 2.05) is 6.92 Å². The van der Waals surface area contributed by atoms with Crippen molar-refractivity contribution in [2.75, 3.05) is 0 Å². The second-order valence-electron chi connectivity index (χ2n) is 4.54. The molecule has 3 rings (SSSR count). The maximum Gasteiger partial charge on any atom is 0.272 e. The molecule has 0 saturated carbocycles. The van der Waals surface area contributed by atoms with E-state index in [4.69, 9.17) is 11.6 Å². The van der Waals surface area contributed by atoms with Crippen molar-refractivity contribution in [3.8, 4) is 0 Å². The molecular weight excluding hydrogens is 310 g/mol. The molecule has 0 atom stereocenters. The summed E-state index contributed by atoms with van der Waals surface area (Å²) in [5, 5.41) is 7.76. The van der Waals surface area contributed by atoms with Crippen LogP contribution in [0.15, 0.2) is 52.5 Å². The minimum absolute atomic E-state index is 0.142. The summed E-state index contributed by atoms with van der Waals surface area (Å²) in [6, 6.07) is 11.3. The summed E-state index contributed by atoms with van der Waals surface area (Å²) in [6.45, 7) is 1.88. The number of hydrogen-bond donors (Lipinski definition) is 0. The lowest BCUT2D eigenvalue weighted by atomic mass is 10.2. The van der Waals surface area contributed by atoms with Gasteiger partial charge >= 0.3 is 0 Å². The van der Waals surface area contributed by atoms with E-state index >= 15 is 0 Å². The molecule has 0 spiro atoms. The summed E-state index contributed by atoms with van der Waals surface area (Å²) in [5.41, 5.74) is 1.85. The molecule has 0 unspecified atom stereocenters. The highest BCUT2D eigenvalue weighted by Crippen LogP contribution is 2.20. The van der Waals surface area contributed by atoms with Gasteiger partial charge in [-0.15, -0.1) is 10.2 Å². The molecule has 7 heteroatoms. The van der Waals surface area contributed by atoms with Crippen molar-refractivity contribution < 1.29 is 8.42 Å². The van der Waals surface area contributed by atoms with Crippen molar-refractivity contribution in [1.29, 1.82) is 0 Å². The van der Waals surface area contributed by atoms with Crippen LogP contribution in [0.4, 0.5) is 0 Å². The van der Waals surface area contributed by atoms with Crippen LogP contribution in [0.3, 0.4) is 0 Å². The van der Waals surface area contributed by atoms with Gasteiger partial charge < -0.3 is 0 Å². The van der Waals surface area contributed by atoms with Crippen LogP contribution in [-0.4, -0.2) is 23.6 Å². The zero-order valence-electron chi connectivity index (χ0n) is 11.0. The fraction of sp³-hybridized carbons (Fsp3) is 0.0714. The first kappa shape index (κ1) is 13.9. The lowest BCUT2D eigenvalue weighted by Crippen LogP contribution is -2.08. The molecule has 1 aromatic heterocycles. The zero-order valence-corrected chi connectivity index (χ0v) is 12.6. The van der Waals surface area contributed by atoms with E-state index in [2.05, 4.69) is 15.2 Å². The van der Waals surface area contributed by atoms with Gasteiger partial charge in [-0.25, -0.2) is 13.4 Å². The van der Waals surface area contributed by atoms with Gasteiger partial charge in [0.15, 0.2) is 0 Å². The molecule has 0 fully saturated rings. The quantitative estimate of drug-likeness (QED) is 0.726. The fourth-order valence-corrected chi connectivity index (χ4v) is 3.07. The lowest BCUT2D eigenvalue weighted by molar-refractivity contribution is 0.585. The molecule has 0 N–H and O–H groups in total. The number of benzene rings is 2. The predicted octanol–water partition coefficient (Wildman–Crippen LogP) is 2.82. The van der Waals surface area contributed by atoms with Crippen molar-refractivity contribution >= 4 is 32.5 Å². The van der Waals surface area contributed by atoms with Crippen LogP contribution in [0.5, 0.6) is 0 Å². The molecule has 3 aromatic rings. The van der Waals surface area contributed by atoms with E-state index in [1.54, 1.807) is 30.3 Å². The topological polar surface area (TPSA) is 72.8 Å². The number of aryl methyl sites for hydroxylation is 1. The summed E-state index contributed by atoms with van der Waals surface area (Å²) in [6.07, 6.45) is 0. The summed E-state index contributed by atoms with van der Waals surface area (Å²) in [5.74, 6) is 0. The number of halogens is 1. The minimum Gasteiger partial charge on any atom is -0.215 e. The highest BCUT2D eigenvalue weighted by Gasteiger charge is 2.22. The third-order valence-electron chi connectivity index (χ3n) is 2.97. The van der Waals surface area contributed by atoms with Crippen LogP contribution in [0.1, 0.15) is 5.56 Å². The Balaban J connectivity index is 2.14. The molecule has 0 aliphatic carbocycles. The van der Waals surface area contributed by atoms with Crippen molar-refractivity contribution in [2.24, 2.45) is 0 Å². The Morgan fingerprint density at radius 2 is 1.67 bits per heavy atom. The molecule has 1 heterocycles. The molecule has 106 valence electrons. The normalized spacial score (nSPS) is 11.7. The first-order valence-corrected chi connectivity index (χ1v) is 7.95. The molecule has 0 radical (unpaired) electrons. The maximum atomic E-state index is 12.5. The molecule has 0 saturated heterocycles. The Morgan fingerprint density at radius 1 is 0.952 bits per heavy atom. The lowest BCUT2D eigenvalue weighted by Gasteiger charge is -2.04. The van der Waals surface area contributed by atoms with Gasteiger partial charge in [-0.3, -0.25) is 0 Å². The van der Waals surface area contributed by atoms with Crippen molar-refractivity contribution in [1.82, 2.24) is 15.2 Å².